The number of hydrogen-bond acceptors (Lipinski definition) is 3. The van der Waals surface area contributed by atoms with Crippen molar-refractivity contribution < 1.29 is 14.3 Å². The zero-order valence-corrected chi connectivity index (χ0v) is 10.1. The summed E-state index contributed by atoms with van der Waals surface area (Å²) in [5.41, 5.74) is 0. The van der Waals surface area contributed by atoms with Crippen molar-refractivity contribution in [3.8, 4) is 0 Å². The van der Waals surface area contributed by atoms with Gasteiger partial charge in [-0.15, -0.1) is 0 Å². The summed E-state index contributed by atoms with van der Waals surface area (Å²) in [6.45, 7) is 3.89. The molecule has 5 heteroatoms. The van der Waals surface area contributed by atoms with E-state index in [1.54, 1.807) is 0 Å². The fourth-order valence-electron chi connectivity index (χ4n) is 1.39. The van der Waals surface area contributed by atoms with Crippen molar-refractivity contribution in [3.05, 3.63) is 0 Å². The van der Waals surface area contributed by atoms with Gasteiger partial charge in [-0.3, -0.25) is 0 Å². The molecule has 5 nitrogen and oxygen atoms in total. The molecule has 1 fully saturated rings. The number of methoxy groups -OCH3 is 1. The third kappa shape index (κ3) is 3.72. The lowest BCUT2D eigenvalue weighted by Gasteiger charge is -2.21. The van der Waals surface area contributed by atoms with Crippen molar-refractivity contribution in [2.24, 2.45) is 5.92 Å². The molecule has 1 rings (SSSR count). The first-order valence-corrected chi connectivity index (χ1v) is 5.73. The highest BCUT2D eigenvalue weighted by molar-refractivity contribution is 5.84. The maximum atomic E-state index is 11.5. The smallest absolute Gasteiger partial charge is 0.328 e. The Bertz CT molecular complexity index is 264. The monoisotopic (exact) mass is 228 g/mol. The molecule has 0 unspecified atom stereocenters. The minimum absolute atomic E-state index is 0.0670. The Morgan fingerprint density at radius 2 is 2.06 bits per heavy atom. The van der Waals surface area contributed by atoms with E-state index in [-0.39, 0.29) is 24.0 Å². The number of carbonyl (C=O) groups is 2. The molecule has 0 heterocycles. The van der Waals surface area contributed by atoms with E-state index in [1.807, 2.05) is 13.8 Å². The Balaban J connectivity index is 2.47. The second-order valence-corrected chi connectivity index (χ2v) is 4.28. The van der Waals surface area contributed by atoms with Crippen molar-refractivity contribution in [1.82, 2.24) is 10.6 Å². The molecule has 0 radical (unpaired) electrons. The third-order valence-corrected chi connectivity index (χ3v) is 2.87. The van der Waals surface area contributed by atoms with E-state index < -0.39 is 6.04 Å². The molecule has 2 amide bonds. The number of carbonyl (C=O) groups excluding carboxylic acids is 2. The van der Waals surface area contributed by atoms with E-state index in [2.05, 4.69) is 15.4 Å². The van der Waals surface area contributed by atoms with E-state index in [4.69, 9.17) is 0 Å². The first-order chi connectivity index (χ1) is 7.58. The van der Waals surface area contributed by atoms with Crippen LogP contribution in [0.25, 0.3) is 0 Å². The summed E-state index contributed by atoms with van der Waals surface area (Å²) in [6, 6.07) is -0.554. The van der Waals surface area contributed by atoms with Gasteiger partial charge in [-0.05, 0) is 18.8 Å². The maximum absolute atomic E-state index is 11.5. The van der Waals surface area contributed by atoms with Gasteiger partial charge in [0.15, 0.2) is 0 Å². The minimum Gasteiger partial charge on any atom is -0.467 e. The largest absolute Gasteiger partial charge is 0.467 e. The first kappa shape index (κ1) is 12.8. The summed E-state index contributed by atoms with van der Waals surface area (Å²) in [7, 11) is 1.33. The highest BCUT2D eigenvalue weighted by Crippen LogP contribution is 2.18. The quantitative estimate of drug-likeness (QED) is 0.691. The van der Waals surface area contributed by atoms with Crippen LogP contribution in [0, 0.1) is 5.92 Å². The second-order valence-electron chi connectivity index (χ2n) is 4.28. The van der Waals surface area contributed by atoms with Crippen LogP contribution >= 0.6 is 0 Å². The fourth-order valence-corrected chi connectivity index (χ4v) is 1.39. The molecule has 0 aliphatic heterocycles. The Morgan fingerprint density at radius 1 is 1.44 bits per heavy atom. The summed E-state index contributed by atoms with van der Waals surface area (Å²) in [5, 5.41) is 5.45. The fraction of sp³-hybridized carbons (Fsp3) is 0.818. The number of rotatable bonds is 5. The summed E-state index contributed by atoms with van der Waals surface area (Å²) in [5.74, 6) is -0.322. The van der Waals surface area contributed by atoms with Gasteiger partial charge in [-0.1, -0.05) is 20.3 Å². The molecule has 0 aromatic carbocycles. The number of esters is 1. The van der Waals surface area contributed by atoms with Gasteiger partial charge in [-0.2, -0.15) is 0 Å². The minimum atomic E-state index is -0.561. The average molecular weight is 228 g/mol. The van der Waals surface area contributed by atoms with E-state index in [0.717, 1.165) is 19.3 Å². The molecule has 2 N–H and O–H groups in total. The number of hydrogen-bond donors (Lipinski definition) is 2. The average Bonchev–Trinajstić information content (AvgIpc) is 3.07. The molecular formula is C11H20N2O3. The molecule has 2 atom stereocenters. The summed E-state index contributed by atoms with van der Waals surface area (Å²) >= 11 is 0. The molecule has 16 heavy (non-hydrogen) atoms. The highest BCUT2D eigenvalue weighted by atomic mass is 16.5. The first-order valence-electron chi connectivity index (χ1n) is 5.73. The normalized spacial score (nSPS) is 18.4. The lowest BCUT2D eigenvalue weighted by atomic mass is 9.99. The van der Waals surface area contributed by atoms with Gasteiger partial charge in [-0.25, -0.2) is 9.59 Å². The van der Waals surface area contributed by atoms with Gasteiger partial charge in [0.1, 0.15) is 6.04 Å². The number of ether oxygens (including phenoxy) is 1. The zero-order valence-electron chi connectivity index (χ0n) is 10.1. The Kier molecular flexibility index (Phi) is 4.58. The Labute approximate surface area is 95.9 Å². The van der Waals surface area contributed by atoms with Crippen molar-refractivity contribution in [1.29, 1.82) is 0 Å². The zero-order chi connectivity index (χ0) is 12.1. The molecule has 92 valence electrons. The Morgan fingerprint density at radius 3 is 2.50 bits per heavy atom. The molecule has 0 aromatic rings. The lowest BCUT2D eigenvalue weighted by Crippen LogP contribution is -2.50. The molecule has 0 saturated heterocycles. The van der Waals surface area contributed by atoms with Crippen molar-refractivity contribution in [2.75, 3.05) is 7.11 Å². The van der Waals surface area contributed by atoms with E-state index in [0.29, 0.717) is 0 Å². The maximum Gasteiger partial charge on any atom is 0.328 e. The van der Waals surface area contributed by atoms with Crippen LogP contribution in [-0.2, 0) is 9.53 Å². The predicted octanol–water partition coefficient (Wildman–Crippen LogP) is 1.04. The second kappa shape index (κ2) is 5.72. The van der Waals surface area contributed by atoms with Crippen molar-refractivity contribution in [3.63, 3.8) is 0 Å². The number of nitrogens with one attached hydrogen (secondary N) is 2. The lowest BCUT2D eigenvalue weighted by molar-refractivity contribution is -0.144. The van der Waals surface area contributed by atoms with Crippen molar-refractivity contribution >= 4 is 12.0 Å². The molecule has 1 saturated carbocycles. The van der Waals surface area contributed by atoms with Gasteiger partial charge in [0, 0.05) is 6.04 Å². The van der Waals surface area contributed by atoms with Gasteiger partial charge < -0.3 is 15.4 Å². The van der Waals surface area contributed by atoms with Crippen LogP contribution in [0.4, 0.5) is 4.79 Å². The van der Waals surface area contributed by atoms with Gasteiger partial charge in [0.2, 0.25) is 0 Å². The van der Waals surface area contributed by atoms with Crippen LogP contribution < -0.4 is 10.6 Å². The van der Waals surface area contributed by atoms with Crippen LogP contribution in [0.3, 0.4) is 0 Å². The highest BCUT2D eigenvalue weighted by Gasteiger charge is 2.29. The van der Waals surface area contributed by atoms with Crippen LogP contribution in [-0.4, -0.2) is 31.2 Å². The standard InChI is InChI=1S/C11H20N2O3/c1-4-7(2)9(10(14)16-3)13-11(15)12-8-5-6-8/h7-9H,4-6H2,1-3H3,(H2,12,13,15)/t7-,9+/m1/s1. The van der Waals surface area contributed by atoms with Gasteiger partial charge >= 0.3 is 12.0 Å². The predicted molar refractivity (Wildman–Crippen MR) is 59.9 cm³/mol. The van der Waals surface area contributed by atoms with E-state index in [9.17, 15) is 9.59 Å². The molecule has 0 aromatic heterocycles. The molecule has 1 aliphatic rings. The van der Waals surface area contributed by atoms with E-state index in [1.165, 1.54) is 7.11 Å². The summed E-state index contributed by atoms with van der Waals surface area (Å²) in [4.78, 5) is 23.0. The van der Waals surface area contributed by atoms with Crippen LogP contribution in [0.5, 0.6) is 0 Å². The van der Waals surface area contributed by atoms with E-state index >= 15 is 0 Å². The van der Waals surface area contributed by atoms with Crippen molar-refractivity contribution in [2.45, 2.75) is 45.2 Å². The number of amides is 2. The molecule has 0 bridgehead atoms. The molecular weight excluding hydrogens is 208 g/mol. The Hall–Kier alpha value is -1.26. The van der Waals surface area contributed by atoms with Gasteiger partial charge in [0.25, 0.3) is 0 Å². The van der Waals surface area contributed by atoms with Crippen LogP contribution in [0.1, 0.15) is 33.1 Å². The van der Waals surface area contributed by atoms with Gasteiger partial charge in [0.05, 0.1) is 7.11 Å². The topological polar surface area (TPSA) is 67.4 Å². The molecule has 0 spiro atoms. The molecule has 1 aliphatic carbocycles. The third-order valence-electron chi connectivity index (χ3n) is 2.87. The summed E-state index contributed by atoms with van der Waals surface area (Å²) in [6.07, 6.45) is 2.86. The number of urea groups is 1. The SMILES string of the molecule is CC[C@@H](C)[C@H](NC(=O)NC1CC1)C(=O)OC. The van der Waals surface area contributed by atoms with Crippen LogP contribution in [0.2, 0.25) is 0 Å². The van der Waals surface area contributed by atoms with Crippen LogP contribution in [0.15, 0.2) is 0 Å². The summed E-state index contributed by atoms with van der Waals surface area (Å²) < 4.78 is 4.68.